The molecule has 0 heterocycles. The SMILES string of the molecule is CC(C)CCC[CH]C(N)=O. The van der Waals surface area contributed by atoms with Crippen LogP contribution < -0.4 is 5.73 Å². The molecule has 2 nitrogen and oxygen atoms in total. The third-order valence-electron chi connectivity index (χ3n) is 1.33. The van der Waals surface area contributed by atoms with E-state index in [-0.39, 0.29) is 5.91 Å². The predicted molar refractivity (Wildman–Crippen MR) is 42.2 cm³/mol. The lowest BCUT2D eigenvalue weighted by atomic mass is 10.1. The van der Waals surface area contributed by atoms with Gasteiger partial charge in [0.25, 0.3) is 0 Å². The summed E-state index contributed by atoms with van der Waals surface area (Å²) < 4.78 is 0. The quantitative estimate of drug-likeness (QED) is 0.581. The van der Waals surface area contributed by atoms with Crippen molar-refractivity contribution in [2.45, 2.75) is 33.1 Å². The minimum absolute atomic E-state index is 0.302. The molecule has 0 aliphatic carbocycles. The van der Waals surface area contributed by atoms with E-state index in [2.05, 4.69) is 13.8 Å². The molecule has 0 saturated carbocycles. The zero-order valence-electron chi connectivity index (χ0n) is 6.76. The molecule has 0 atom stereocenters. The van der Waals surface area contributed by atoms with Gasteiger partial charge in [0.2, 0.25) is 5.91 Å². The van der Waals surface area contributed by atoms with Crippen molar-refractivity contribution in [2.75, 3.05) is 0 Å². The summed E-state index contributed by atoms with van der Waals surface area (Å²) >= 11 is 0. The maximum atomic E-state index is 10.2. The monoisotopic (exact) mass is 142 g/mol. The molecule has 0 fully saturated rings. The average Bonchev–Trinajstić information content (AvgIpc) is 1.79. The Morgan fingerprint density at radius 2 is 2.20 bits per heavy atom. The zero-order chi connectivity index (χ0) is 7.98. The molecular formula is C8H16NO. The second-order valence-corrected chi connectivity index (χ2v) is 2.93. The van der Waals surface area contributed by atoms with E-state index >= 15 is 0 Å². The van der Waals surface area contributed by atoms with Crippen molar-refractivity contribution in [2.24, 2.45) is 11.7 Å². The van der Waals surface area contributed by atoms with Crippen LogP contribution in [-0.2, 0) is 4.79 Å². The van der Waals surface area contributed by atoms with E-state index in [1.807, 2.05) is 0 Å². The smallest absolute Gasteiger partial charge is 0.221 e. The second-order valence-electron chi connectivity index (χ2n) is 2.93. The van der Waals surface area contributed by atoms with E-state index in [4.69, 9.17) is 5.73 Å². The van der Waals surface area contributed by atoms with Crippen LogP contribution in [-0.4, -0.2) is 5.91 Å². The van der Waals surface area contributed by atoms with Gasteiger partial charge in [-0.1, -0.05) is 26.7 Å². The van der Waals surface area contributed by atoms with E-state index in [0.29, 0.717) is 0 Å². The second kappa shape index (κ2) is 5.27. The first-order valence-electron chi connectivity index (χ1n) is 3.75. The highest BCUT2D eigenvalue weighted by atomic mass is 16.1. The van der Waals surface area contributed by atoms with Crippen molar-refractivity contribution in [3.05, 3.63) is 6.42 Å². The van der Waals surface area contributed by atoms with Crippen molar-refractivity contribution >= 4 is 5.91 Å². The molecule has 1 amide bonds. The fourth-order valence-corrected chi connectivity index (χ4v) is 0.770. The maximum absolute atomic E-state index is 10.2. The van der Waals surface area contributed by atoms with Crippen LogP contribution in [0.4, 0.5) is 0 Å². The summed E-state index contributed by atoms with van der Waals surface area (Å²) in [5.41, 5.74) is 4.91. The Morgan fingerprint density at radius 1 is 1.60 bits per heavy atom. The van der Waals surface area contributed by atoms with Gasteiger partial charge in [-0.3, -0.25) is 4.79 Å². The van der Waals surface area contributed by atoms with Crippen molar-refractivity contribution in [1.82, 2.24) is 0 Å². The predicted octanol–water partition coefficient (Wildman–Crippen LogP) is 1.50. The normalized spacial score (nSPS) is 10.3. The van der Waals surface area contributed by atoms with Gasteiger partial charge in [-0.05, 0) is 12.3 Å². The van der Waals surface area contributed by atoms with Gasteiger partial charge in [-0.15, -0.1) is 0 Å². The molecule has 0 rings (SSSR count). The van der Waals surface area contributed by atoms with Gasteiger partial charge in [-0.2, -0.15) is 0 Å². The number of hydrogen-bond acceptors (Lipinski definition) is 1. The number of carbonyl (C=O) groups is 1. The summed E-state index contributed by atoms with van der Waals surface area (Å²) in [6.45, 7) is 4.34. The fourth-order valence-electron chi connectivity index (χ4n) is 0.770. The number of amides is 1. The van der Waals surface area contributed by atoms with Crippen LogP contribution in [0.15, 0.2) is 0 Å². The van der Waals surface area contributed by atoms with Crippen LogP contribution >= 0.6 is 0 Å². The van der Waals surface area contributed by atoms with Gasteiger partial charge in [0.1, 0.15) is 0 Å². The summed E-state index contributed by atoms with van der Waals surface area (Å²) in [7, 11) is 0. The number of carbonyl (C=O) groups excluding carboxylic acids is 1. The molecule has 0 aromatic carbocycles. The first-order chi connectivity index (χ1) is 4.63. The van der Waals surface area contributed by atoms with Crippen molar-refractivity contribution in [3.8, 4) is 0 Å². The molecule has 10 heavy (non-hydrogen) atoms. The molecule has 2 N–H and O–H groups in total. The fraction of sp³-hybridized carbons (Fsp3) is 0.750. The van der Waals surface area contributed by atoms with Gasteiger partial charge >= 0.3 is 0 Å². The third-order valence-corrected chi connectivity index (χ3v) is 1.33. The van der Waals surface area contributed by atoms with Crippen LogP contribution in [0.2, 0.25) is 0 Å². The molecule has 0 bridgehead atoms. The number of rotatable bonds is 5. The summed E-state index contributed by atoms with van der Waals surface area (Å²) in [6, 6.07) is 0. The Labute approximate surface area is 62.8 Å². The van der Waals surface area contributed by atoms with Crippen LogP contribution in [0.25, 0.3) is 0 Å². The van der Waals surface area contributed by atoms with Crippen molar-refractivity contribution < 1.29 is 4.79 Å². The maximum Gasteiger partial charge on any atom is 0.221 e. The molecule has 0 unspecified atom stereocenters. The van der Waals surface area contributed by atoms with Gasteiger partial charge in [-0.25, -0.2) is 0 Å². The number of nitrogens with two attached hydrogens (primary N) is 1. The van der Waals surface area contributed by atoms with Gasteiger partial charge < -0.3 is 5.73 Å². The Morgan fingerprint density at radius 3 is 2.60 bits per heavy atom. The topological polar surface area (TPSA) is 43.1 Å². The lowest BCUT2D eigenvalue weighted by Gasteiger charge is -2.01. The Hall–Kier alpha value is -0.530. The van der Waals surface area contributed by atoms with Crippen LogP contribution in [0, 0.1) is 12.3 Å². The molecule has 2 heteroatoms. The van der Waals surface area contributed by atoms with E-state index < -0.39 is 0 Å². The van der Waals surface area contributed by atoms with Gasteiger partial charge in [0.15, 0.2) is 0 Å². The molecule has 0 saturated heterocycles. The summed E-state index contributed by atoms with van der Waals surface area (Å²) in [6.07, 6.45) is 4.61. The van der Waals surface area contributed by atoms with Crippen LogP contribution in [0.1, 0.15) is 33.1 Å². The molecule has 0 aromatic heterocycles. The van der Waals surface area contributed by atoms with Gasteiger partial charge in [0.05, 0.1) is 0 Å². The largest absolute Gasteiger partial charge is 0.369 e. The van der Waals surface area contributed by atoms with Crippen LogP contribution in [0.3, 0.4) is 0 Å². The van der Waals surface area contributed by atoms with E-state index in [1.54, 1.807) is 6.42 Å². The molecular weight excluding hydrogens is 126 g/mol. The van der Waals surface area contributed by atoms with Crippen molar-refractivity contribution in [1.29, 1.82) is 0 Å². The standard InChI is InChI=1S/C8H16NO/c1-7(2)5-3-4-6-8(9)10/h6-7H,3-5H2,1-2H3,(H2,9,10). The molecule has 1 radical (unpaired) electrons. The number of primary amides is 1. The lowest BCUT2D eigenvalue weighted by Crippen LogP contribution is -2.10. The summed E-state index contributed by atoms with van der Waals surface area (Å²) in [5, 5.41) is 0. The number of unbranched alkanes of at least 4 members (excludes halogenated alkanes) is 1. The zero-order valence-corrected chi connectivity index (χ0v) is 6.76. The Balaban J connectivity index is 2.98. The highest BCUT2D eigenvalue weighted by Crippen LogP contribution is 2.06. The van der Waals surface area contributed by atoms with Gasteiger partial charge in [0, 0.05) is 6.42 Å². The minimum Gasteiger partial charge on any atom is -0.369 e. The lowest BCUT2D eigenvalue weighted by molar-refractivity contribution is -0.115. The van der Waals surface area contributed by atoms with Crippen LogP contribution in [0.5, 0.6) is 0 Å². The summed E-state index contributed by atoms with van der Waals surface area (Å²) in [4.78, 5) is 10.2. The first-order valence-corrected chi connectivity index (χ1v) is 3.75. The minimum atomic E-state index is -0.302. The third kappa shape index (κ3) is 7.47. The summed E-state index contributed by atoms with van der Waals surface area (Å²) in [5.74, 6) is 0.421. The molecule has 0 aromatic rings. The first kappa shape index (κ1) is 9.47. The highest BCUT2D eigenvalue weighted by molar-refractivity contribution is 5.82. The van der Waals surface area contributed by atoms with E-state index in [0.717, 1.165) is 18.8 Å². The van der Waals surface area contributed by atoms with Crippen molar-refractivity contribution in [3.63, 3.8) is 0 Å². The highest BCUT2D eigenvalue weighted by Gasteiger charge is 1.96. The molecule has 59 valence electrons. The Kier molecular flexibility index (Phi) is 4.99. The molecule has 0 spiro atoms. The van der Waals surface area contributed by atoms with E-state index in [1.165, 1.54) is 6.42 Å². The molecule has 0 aliphatic rings. The average molecular weight is 142 g/mol. The van der Waals surface area contributed by atoms with E-state index in [9.17, 15) is 4.79 Å². The number of hydrogen-bond donors (Lipinski definition) is 1. The molecule has 0 aliphatic heterocycles. The Bertz CT molecular complexity index is 99.4.